The Balaban J connectivity index is 1.85. The summed E-state index contributed by atoms with van der Waals surface area (Å²) < 4.78 is 16.6. The van der Waals surface area contributed by atoms with Crippen LogP contribution in [0, 0.1) is 6.92 Å². The van der Waals surface area contributed by atoms with Gasteiger partial charge >= 0.3 is 0 Å². The molecule has 0 aliphatic carbocycles. The molecule has 1 aliphatic rings. The average molecular weight is 347 g/mol. The van der Waals surface area contributed by atoms with Gasteiger partial charge in [0.2, 0.25) is 0 Å². The zero-order valence-corrected chi connectivity index (χ0v) is 15.2. The molecule has 0 fully saturated rings. The van der Waals surface area contributed by atoms with E-state index < -0.39 is 0 Å². The summed E-state index contributed by atoms with van der Waals surface area (Å²) in [5, 5.41) is 7.27. The molecule has 0 unspecified atom stereocenters. The third kappa shape index (κ3) is 3.77. The molecule has 2 aromatic heterocycles. The molecule has 2 aromatic rings. The molecule has 1 aliphatic heterocycles. The Bertz CT molecular complexity index is 737. The van der Waals surface area contributed by atoms with Gasteiger partial charge in [0.25, 0.3) is 5.91 Å². The summed E-state index contributed by atoms with van der Waals surface area (Å²) >= 11 is 0. The molecule has 0 radical (unpaired) electrons. The number of furan rings is 1. The second kappa shape index (κ2) is 7.41. The molecule has 0 saturated carbocycles. The molecule has 3 rings (SSSR count). The predicted octanol–water partition coefficient (Wildman–Crippen LogP) is 2.62. The van der Waals surface area contributed by atoms with Crippen molar-refractivity contribution in [2.24, 2.45) is 0 Å². The standard InChI is InChI=1S/C18H25N3O4/c1-11-5-6-14(25-11)10-21(7-8-23-4)18(22)17-15-9-12(2)24-13(3)16(15)19-20-17/h5-6,12-13H,7-10H2,1-4H3,(H,19,20)/t12-,13+/m0/s1. The van der Waals surface area contributed by atoms with E-state index in [1.165, 1.54) is 0 Å². The first-order valence-corrected chi connectivity index (χ1v) is 8.55. The summed E-state index contributed by atoms with van der Waals surface area (Å²) in [4.78, 5) is 14.8. The molecule has 7 nitrogen and oxygen atoms in total. The maximum absolute atomic E-state index is 13.1. The van der Waals surface area contributed by atoms with Crippen molar-refractivity contribution in [2.45, 2.75) is 45.9 Å². The Morgan fingerprint density at radius 1 is 1.44 bits per heavy atom. The van der Waals surface area contributed by atoms with E-state index in [0.29, 0.717) is 31.8 Å². The number of hydrogen-bond acceptors (Lipinski definition) is 5. The molecule has 2 atom stereocenters. The fourth-order valence-electron chi connectivity index (χ4n) is 3.21. The normalized spacial score (nSPS) is 19.7. The minimum atomic E-state index is -0.120. The third-order valence-corrected chi connectivity index (χ3v) is 4.43. The number of amides is 1. The molecule has 1 amide bonds. The zero-order chi connectivity index (χ0) is 18.0. The van der Waals surface area contributed by atoms with Crippen LogP contribution in [0.4, 0.5) is 0 Å². The topological polar surface area (TPSA) is 80.6 Å². The number of aryl methyl sites for hydroxylation is 1. The second-order valence-electron chi connectivity index (χ2n) is 6.49. The van der Waals surface area contributed by atoms with Crippen LogP contribution >= 0.6 is 0 Å². The van der Waals surface area contributed by atoms with Crippen LogP contribution in [0.3, 0.4) is 0 Å². The average Bonchev–Trinajstić information content (AvgIpc) is 3.17. The monoisotopic (exact) mass is 347 g/mol. The van der Waals surface area contributed by atoms with Gasteiger partial charge in [-0.15, -0.1) is 0 Å². The van der Waals surface area contributed by atoms with E-state index in [4.69, 9.17) is 13.9 Å². The van der Waals surface area contributed by atoms with Gasteiger partial charge in [-0.1, -0.05) is 0 Å². The van der Waals surface area contributed by atoms with Gasteiger partial charge in [-0.25, -0.2) is 0 Å². The number of fused-ring (bicyclic) bond motifs is 1. The lowest BCUT2D eigenvalue weighted by Crippen LogP contribution is -2.35. The number of rotatable bonds is 6. The van der Waals surface area contributed by atoms with E-state index >= 15 is 0 Å². The van der Waals surface area contributed by atoms with Crippen LogP contribution in [0.2, 0.25) is 0 Å². The molecule has 0 aromatic carbocycles. The van der Waals surface area contributed by atoms with Gasteiger partial charge < -0.3 is 18.8 Å². The van der Waals surface area contributed by atoms with E-state index in [-0.39, 0.29) is 18.1 Å². The van der Waals surface area contributed by atoms with Crippen LogP contribution in [0.15, 0.2) is 16.5 Å². The molecule has 136 valence electrons. The highest BCUT2D eigenvalue weighted by Gasteiger charge is 2.31. The van der Waals surface area contributed by atoms with E-state index in [1.807, 2.05) is 32.9 Å². The number of nitrogens with zero attached hydrogens (tertiary/aromatic N) is 2. The molecule has 7 heteroatoms. The van der Waals surface area contributed by atoms with Crippen LogP contribution in [0.25, 0.3) is 0 Å². The van der Waals surface area contributed by atoms with Gasteiger partial charge in [0.15, 0.2) is 5.69 Å². The molecule has 0 spiro atoms. The lowest BCUT2D eigenvalue weighted by atomic mass is 9.99. The van der Waals surface area contributed by atoms with Crippen molar-refractivity contribution in [3.8, 4) is 0 Å². The van der Waals surface area contributed by atoms with Gasteiger partial charge in [-0.05, 0) is 32.9 Å². The summed E-state index contributed by atoms with van der Waals surface area (Å²) in [5.41, 5.74) is 2.31. The summed E-state index contributed by atoms with van der Waals surface area (Å²) in [6, 6.07) is 3.78. The highest BCUT2D eigenvalue weighted by atomic mass is 16.5. The van der Waals surface area contributed by atoms with E-state index in [2.05, 4.69) is 10.2 Å². The summed E-state index contributed by atoms with van der Waals surface area (Å²) in [5.74, 6) is 1.45. The Morgan fingerprint density at radius 3 is 2.92 bits per heavy atom. The number of carbonyl (C=O) groups is 1. The lowest BCUT2D eigenvalue weighted by molar-refractivity contribution is -0.00704. The highest BCUT2D eigenvalue weighted by Crippen LogP contribution is 2.30. The summed E-state index contributed by atoms with van der Waals surface area (Å²) in [6.45, 7) is 7.17. The van der Waals surface area contributed by atoms with Crippen LogP contribution in [0.1, 0.15) is 53.2 Å². The maximum Gasteiger partial charge on any atom is 0.275 e. The molecule has 1 N–H and O–H groups in total. The minimum Gasteiger partial charge on any atom is -0.464 e. The number of nitrogens with one attached hydrogen (secondary N) is 1. The van der Waals surface area contributed by atoms with Crippen molar-refractivity contribution < 1.29 is 18.7 Å². The molecule has 25 heavy (non-hydrogen) atoms. The predicted molar refractivity (Wildman–Crippen MR) is 91.3 cm³/mol. The van der Waals surface area contributed by atoms with E-state index in [1.54, 1.807) is 12.0 Å². The van der Waals surface area contributed by atoms with Gasteiger partial charge in [0, 0.05) is 25.6 Å². The zero-order valence-electron chi connectivity index (χ0n) is 15.2. The van der Waals surface area contributed by atoms with Crippen LogP contribution in [-0.4, -0.2) is 47.4 Å². The van der Waals surface area contributed by atoms with Crippen molar-refractivity contribution in [2.75, 3.05) is 20.3 Å². The van der Waals surface area contributed by atoms with E-state index in [9.17, 15) is 4.79 Å². The van der Waals surface area contributed by atoms with Crippen molar-refractivity contribution >= 4 is 5.91 Å². The largest absolute Gasteiger partial charge is 0.464 e. The van der Waals surface area contributed by atoms with Crippen molar-refractivity contribution in [3.63, 3.8) is 0 Å². The molecule has 0 saturated heterocycles. The Kier molecular flexibility index (Phi) is 5.24. The van der Waals surface area contributed by atoms with Crippen LogP contribution in [0.5, 0.6) is 0 Å². The van der Waals surface area contributed by atoms with E-state index in [0.717, 1.165) is 22.8 Å². The lowest BCUT2D eigenvalue weighted by Gasteiger charge is -2.26. The number of aromatic amines is 1. The smallest absolute Gasteiger partial charge is 0.275 e. The molecular weight excluding hydrogens is 322 g/mol. The number of ether oxygens (including phenoxy) is 2. The molecule has 3 heterocycles. The Labute approximate surface area is 147 Å². The third-order valence-electron chi connectivity index (χ3n) is 4.43. The number of H-pyrrole nitrogens is 1. The molecule has 0 bridgehead atoms. The van der Waals surface area contributed by atoms with Gasteiger partial charge in [0.05, 0.1) is 31.1 Å². The number of methoxy groups -OCH3 is 1. The summed E-state index contributed by atoms with van der Waals surface area (Å²) in [7, 11) is 1.62. The fourth-order valence-corrected chi connectivity index (χ4v) is 3.21. The second-order valence-corrected chi connectivity index (χ2v) is 6.49. The van der Waals surface area contributed by atoms with Crippen LogP contribution in [-0.2, 0) is 22.4 Å². The van der Waals surface area contributed by atoms with Crippen molar-refractivity contribution in [1.82, 2.24) is 15.1 Å². The van der Waals surface area contributed by atoms with Crippen LogP contribution < -0.4 is 0 Å². The fraction of sp³-hybridized carbons (Fsp3) is 0.556. The maximum atomic E-state index is 13.1. The Hall–Kier alpha value is -2.12. The van der Waals surface area contributed by atoms with Gasteiger partial charge in [-0.3, -0.25) is 9.89 Å². The minimum absolute atomic E-state index is 0.0619. The Morgan fingerprint density at radius 2 is 2.24 bits per heavy atom. The SMILES string of the molecule is COCCN(Cc1ccc(C)o1)C(=O)c1n[nH]c2c1C[C@H](C)O[C@@H]2C. The van der Waals surface area contributed by atoms with Gasteiger partial charge in [0.1, 0.15) is 11.5 Å². The number of aromatic nitrogens is 2. The molecular formula is C18H25N3O4. The van der Waals surface area contributed by atoms with Crippen molar-refractivity contribution in [1.29, 1.82) is 0 Å². The quantitative estimate of drug-likeness (QED) is 0.869. The number of hydrogen-bond donors (Lipinski definition) is 1. The first kappa shape index (κ1) is 17.7. The van der Waals surface area contributed by atoms with Crippen molar-refractivity contribution in [3.05, 3.63) is 40.6 Å². The highest BCUT2D eigenvalue weighted by molar-refractivity contribution is 5.94. The first-order chi connectivity index (χ1) is 12.0. The first-order valence-electron chi connectivity index (χ1n) is 8.55. The number of carbonyl (C=O) groups excluding carboxylic acids is 1. The summed E-state index contributed by atoms with van der Waals surface area (Å²) in [6.07, 6.45) is 0.648. The van der Waals surface area contributed by atoms with Gasteiger partial charge in [-0.2, -0.15) is 5.10 Å².